The second-order valence-electron chi connectivity index (χ2n) is 8.55. The number of amides is 1. The summed E-state index contributed by atoms with van der Waals surface area (Å²) in [5.74, 6) is -0.889. The van der Waals surface area contributed by atoms with Gasteiger partial charge in [-0.3, -0.25) is 9.48 Å². The first-order valence-electron chi connectivity index (χ1n) is 11.3. The number of nitrogen functional groups attached to an aromatic ring is 1. The molecule has 9 heteroatoms. The summed E-state index contributed by atoms with van der Waals surface area (Å²) in [6.45, 7) is 6.42. The van der Waals surface area contributed by atoms with E-state index in [0.29, 0.717) is 41.4 Å². The molecule has 0 radical (unpaired) electrons. The first-order chi connectivity index (χ1) is 17.4. The minimum atomic E-state index is -0.740. The minimum absolute atomic E-state index is 0.0691. The van der Waals surface area contributed by atoms with Crippen molar-refractivity contribution in [2.45, 2.75) is 26.1 Å². The maximum Gasteiger partial charge on any atom is 0.246 e. The molecule has 1 aliphatic rings. The van der Waals surface area contributed by atoms with Crippen LogP contribution in [0.3, 0.4) is 0 Å². The average molecular weight is 504 g/mol. The number of fused-ring (bicyclic) bond motifs is 2. The molecular weight excluding hydrogens is 480 g/mol. The van der Waals surface area contributed by atoms with Crippen molar-refractivity contribution in [3.8, 4) is 22.6 Å². The molecule has 1 unspecified atom stereocenters. The third-order valence-electron chi connectivity index (χ3n) is 6.20. The second kappa shape index (κ2) is 9.50. The predicted molar refractivity (Wildman–Crippen MR) is 140 cm³/mol. The Morgan fingerprint density at radius 2 is 2.03 bits per heavy atom. The van der Waals surface area contributed by atoms with Crippen LogP contribution in [0.15, 0.2) is 72.7 Å². The molecule has 6 nitrogen and oxygen atoms in total. The van der Waals surface area contributed by atoms with E-state index in [4.69, 9.17) is 15.8 Å². The highest BCUT2D eigenvalue weighted by atomic mass is 32.1. The third-order valence-corrected chi connectivity index (χ3v) is 7.15. The molecule has 1 aliphatic heterocycles. The first kappa shape index (κ1) is 23.6. The largest absolute Gasteiger partial charge is 0.399 e. The summed E-state index contributed by atoms with van der Waals surface area (Å²) >= 11 is 1.45. The standard InChI is InChI=1S/C27H23F2N5OS/c1-3-24(35)33-15-20-13-23(32-34(20)14-16(33)2)26-22(12-18(29)8-10-28)27-21(9-11-36-27)25(31-26)17-4-6-19(30)7-5-17/h3-13,16H,1,14-15,30H2,2H3/b10-8+,18-12?. The lowest BCUT2D eigenvalue weighted by molar-refractivity contribution is -0.129. The van der Waals surface area contributed by atoms with E-state index >= 15 is 0 Å². The molecule has 1 atom stereocenters. The van der Waals surface area contributed by atoms with Crippen molar-refractivity contribution in [2.24, 2.45) is 0 Å². The van der Waals surface area contributed by atoms with Gasteiger partial charge in [0.25, 0.3) is 0 Å². The number of anilines is 1. The molecule has 0 saturated carbocycles. The van der Waals surface area contributed by atoms with Crippen LogP contribution in [0.4, 0.5) is 14.5 Å². The van der Waals surface area contributed by atoms with E-state index in [2.05, 4.69) is 6.58 Å². The van der Waals surface area contributed by atoms with Crippen LogP contribution >= 0.6 is 11.3 Å². The van der Waals surface area contributed by atoms with E-state index in [1.807, 2.05) is 41.3 Å². The molecule has 0 spiro atoms. The Morgan fingerprint density at radius 3 is 2.75 bits per heavy atom. The number of pyridine rings is 1. The molecule has 182 valence electrons. The summed E-state index contributed by atoms with van der Waals surface area (Å²) in [4.78, 5) is 19.0. The molecule has 0 fully saturated rings. The zero-order chi connectivity index (χ0) is 25.4. The molecule has 1 aromatic carbocycles. The summed E-state index contributed by atoms with van der Waals surface area (Å²) in [6, 6.07) is 11.1. The van der Waals surface area contributed by atoms with E-state index in [1.165, 1.54) is 23.5 Å². The van der Waals surface area contributed by atoms with Crippen molar-refractivity contribution in [2.75, 3.05) is 5.73 Å². The SMILES string of the molecule is C=CC(=O)N1Cc2cc(-c3nc(-c4ccc(N)cc4)c4ccsc4c3C=C(F)/C=C/F)nn2CC1C. The zero-order valence-corrected chi connectivity index (χ0v) is 20.3. The van der Waals surface area contributed by atoms with Crippen LogP contribution in [0.1, 0.15) is 18.2 Å². The number of aromatic nitrogens is 3. The maximum atomic E-state index is 14.6. The Labute approximate surface area is 210 Å². The second-order valence-corrected chi connectivity index (χ2v) is 9.47. The maximum absolute atomic E-state index is 14.6. The van der Waals surface area contributed by atoms with Gasteiger partial charge in [-0.05, 0) is 48.7 Å². The summed E-state index contributed by atoms with van der Waals surface area (Å²) < 4.78 is 29.9. The molecule has 0 saturated heterocycles. The van der Waals surface area contributed by atoms with Gasteiger partial charge in [0.05, 0.1) is 30.8 Å². The van der Waals surface area contributed by atoms with Gasteiger partial charge in [-0.25, -0.2) is 13.8 Å². The molecule has 3 aromatic heterocycles. The number of allylic oxidation sites excluding steroid dienone is 2. The van der Waals surface area contributed by atoms with E-state index in [9.17, 15) is 13.6 Å². The van der Waals surface area contributed by atoms with E-state index in [-0.39, 0.29) is 18.3 Å². The predicted octanol–water partition coefficient (Wildman–Crippen LogP) is 6.12. The third kappa shape index (κ3) is 4.22. The quantitative estimate of drug-likeness (QED) is 0.202. The number of nitrogens with zero attached hydrogens (tertiary/aromatic N) is 4. The zero-order valence-electron chi connectivity index (χ0n) is 19.5. The molecule has 1 amide bonds. The number of thiophene rings is 1. The Hall–Kier alpha value is -4.11. The number of benzene rings is 1. The normalized spacial score (nSPS) is 16.0. The fraction of sp³-hybridized carbons (Fsp3) is 0.148. The molecule has 2 N–H and O–H groups in total. The average Bonchev–Trinajstić information content (AvgIpc) is 3.51. The van der Waals surface area contributed by atoms with Crippen LogP contribution in [0.25, 0.3) is 38.8 Å². The summed E-state index contributed by atoms with van der Waals surface area (Å²) in [5.41, 5.74) is 10.4. The van der Waals surface area contributed by atoms with Crippen molar-refractivity contribution in [1.29, 1.82) is 0 Å². The van der Waals surface area contributed by atoms with Gasteiger partial charge in [0, 0.05) is 39.0 Å². The fourth-order valence-electron chi connectivity index (χ4n) is 4.43. The van der Waals surface area contributed by atoms with Crippen molar-refractivity contribution >= 4 is 39.1 Å². The molecule has 4 aromatic rings. The van der Waals surface area contributed by atoms with Crippen molar-refractivity contribution < 1.29 is 13.6 Å². The van der Waals surface area contributed by atoms with E-state index in [1.54, 1.807) is 17.0 Å². The number of rotatable bonds is 5. The highest BCUT2D eigenvalue weighted by molar-refractivity contribution is 7.17. The van der Waals surface area contributed by atoms with Gasteiger partial charge in [0.15, 0.2) is 0 Å². The van der Waals surface area contributed by atoms with Gasteiger partial charge in [-0.15, -0.1) is 11.3 Å². The van der Waals surface area contributed by atoms with Gasteiger partial charge in [0.1, 0.15) is 17.2 Å². The Morgan fingerprint density at radius 1 is 1.25 bits per heavy atom. The molecule has 0 aliphatic carbocycles. The highest BCUT2D eigenvalue weighted by Crippen LogP contribution is 2.39. The summed E-state index contributed by atoms with van der Waals surface area (Å²) in [6.07, 6.45) is 3.50. The molecule has 5 rings (SSSR count). The van der Waals surface area contributed by atoms with Gasteiger partial charge in [-0.2, -0.15) is 5.10 Å². The Balaban J connectivity index is 1.72. The topological polar surface area (TPSA) is 77.0 Å². The van der Waals surface area contributed by atoms with Crippen molar-refractivity contribution in [1.82, 2.24) is 19.7 Å². The van der Waals surface area contributed by atoms with Gasteiger partial charge < -0.3 is 10.6 Å². The first-order valence-corrected chi connectivity index (χ1v) is 12.2. The van der Waals surface area contributed by atoms with Crippen LogP contribution < -0.4 is 5.73 Å². The lowest BCUT2D eigenvalue weighted by Gasteiger charge is -2.33. The Bertz CT molecular complexity index is 1530. The van der Waals surface area contributed by atoms with E-state index < -0.39 is 5.83 Å². The summed E-state index contributed by atoms with van der Waals surface area (Å²) in [5, 5.41) is 7.53. The summed E-state index contributed by atoms with van der Waals surface area (Å²) in [7, 11) is 0. The molecule has 4 heterocycles. The number of hydrogen-bond donors (Lipinski definition) is 1. The van der Waals surface area contributed by atoms with Crippen LogP contribution in [0, 0.1) is 0 Å². The highest BCUT2D eigenvalue weighted by Gasteiger charge is 2.28. The number of hydrogen-bond acceptors (Lipinski definition) is 5. The number of carbonyl (C=O) groups excluding carboxylic acids is 1. The number of nitrogens with two attached hydrogens (primary N) is 1. The number of halogens is 2. The van der Waals surface area contributed by atoms with Crippen molar-refractivity contribution in [3.63, 3.8) is 0 Å². The van der Waals surface area contributed by atoms with Crippen LogP contribution in [0.5, 0.6) is 0 Å². The van der Waals surface area contributed by atoms with Gasteiger partial charge in [-0.1, -0.05) is 18.7 Å². The van der Waals surface area contributed by atoms with Gasteiger partial charge in [0.2, 0.25) is 5.91 Å². The number of carbonyl (C=O) groups is 1. The minimum Gasteiger partial charge on any atom is -0.399 e. The van der Waals surface area contributed by atoms with Crippen LogP contribution in [-0.2, 0) is 17.9 Å². The van der Waals surface area contributed by atoms with Crippen LogP contribution in [0.2, 0.25) is 0 Å². The Kier molecular flexibility index (Phi) is 6.24. The van der Waals surface area contributed by atoms with Gasteiger partial charge >= 0.3 is 0 Å². The smallest absolute Gasteiger partial charge is 0.246 e. The van der Waals surface area contributed by atoms with Crippen LogP contribution in [-0.4, -0.2) is 31.6 Å². The molecule has 36 heavy (non-hydrogen) atoms. The lowest BCUT2D eigenvalue weighted by Crippen LogP contribution is -2.44. The molecular formula is C27H23F2N5OS. The fourth-order valence-corrected chi connectivity index (χ4v) is 5.34. The monoisotopic (exact) mass is 503 g/mol. The molecule has 0 bridgehead atoms. The lowest BCUT2D eigenvalue weighted by atomic mass is 10.0. The van der Waals surface area contributed by atoms with E-state index in [0.717, 1.165) is 27.4 Å². The van der Waals surface area contributed by atoms with Crippen molar-refractivity contribution in [3.05, 3.63) is 83.9 Å².